The van der Waals surface area contributed by atoms with E-state index in [2.05, 4.69) is 5.10 Å². The van der Waals surface area contributed by atoms with Crippen LogP contribution < -0.4 is 5.69 Å². The Kier molecular flexibility index (Phi) is 4.62. The summed E-state index contributed by atoms with van der Waals surface area (Å²) in [6.07, 6.45) is 1.69. The van der Waals surface area contributed by atoms with Crippen molar-refractivity contribution >= 4 is 23.4 Å². The smallest absolute Gasteiger partial charge is 0.350 e. The summed E-state index contributed by atoms with van der Waals surface area (Å²) in [5, 5.41) is 4.20. The predicted molar refractivity (Wildman–Crippen MR) is 73.4 cm³/mol. The highest BCUT2D eigenvalue weighted by Crippen LogP contribution is 2.02. The molecule has 102 valence electrons. The van der Waals surface area contributed by atoms with Crippen molar-refractivity contribution in [3.05, 3.63) is 34.9 Å². The van der Waals surface area contributed by atoms with Gasteiger partial charge in [-0.15, -0.1) is 16.9 Å². The molecule has 0 unspecified atom stereocenters. The molecule has 0 aliphatic carbocycles. The van der Waals surface area contributed by atoms with E-state index in [1.165, 1.54) is 20.8 Å². The molecule has 6 nitrogen and oxygen atoms in total. The van der Waals surface area contributed by atoms with Gasteiger partial charge in [0, 0.05) is 11.9 Å². The number of aryl methyl sites for hydroxylation is 1. The van der Waals surface area contributed by atoms with Gasteiger partial charge in [0.05, 0.1) is 18.9 Å². The van der Waals surface area contributed by atoms with Crippen molar-refractivity contribution in [1.29, 1.82) is 0 Å². The molecule has 2 aromatic heterocycles. The van der Waals surface area contributed by atoms with Crippen molar-refractivity contribution in [1.82, 2.24) is 14.2 Å². The first-order chi connectivity index (χ1) is 9.22. The van der Waals surface area contributed by atoms with E-state index in [1.54, 1.807) is 25.3 Å². The van der Waals surface area contributed by atoms with E-state index in [-0.39, 0.29) is 11.7 Å². The highest BCUT2D eigenvalue weighted by molar-refractivity contribution is 7.99. The minimum atomic E-state index is -0.227. The molecule has 0 atom stereocenters. The summed E-state index contributed by atoms with van der Waals surface area (Å²) in [6.45, 7) is 2.65. The zero-order chi connectivity index (χ0) is 13.7. The highest BCUT2D eigenvalue weighted by Gasteiger charge is 2.06. The number of pyridine rings is 1. The van der Waals surface area contributed by atoms with E-state index >= 15 is 0 Å². The van der Waals surface area contributed by atoms with E-state index in [1.807, 2.05) is 6.07 Å². The van der Waals surface area contributed by atoms with Gasteiger partial charge < -0.3 is 4.74 Å². The number of hydrogen-bond donors (Lipinski definition) is 0. The maximum atomic E-state index is 11.9. The molecule has 0 bridgehead atoms. The largest absolute Gasteiger partial charge is 0.465 e. The quantitative estimate of drug-likeness (QED) is 0.578. The number of ether oxygens (including phenoxy) is 1. The summed E-state index contributed by atoms with van der Waals surface area (Å²) >= 11 is 1.43. The lowest BCUT2D eigenvalue weighted by atomic mass is 10.5. The molecule has 0 amide bonds. The molecule has 0 spiro atoms. The van der Waals surface area contributed by atoms with Gasteiger partial charge in [0.2, 0.25) is 0 Å². The molecule has 2 rings (SSSR count). The second-order valence-electron chi connectivity index (χ2n) is 3.79. The second kappa shape index (κ2) is 6.42. The second-order valence-corrected chi connectivity index (χ2v) is 4.90. The average Bonchev–Trinajstić information content (AvgIpc) is 2.73. The fourth-order valence-corrected chi connectivity index (χ4v) is 2.32. The molecule has 0 saturated carbocycles. The molecule has 2 heterocycles. The van der Waals surface area contributed by atoms with E-state index in [9.17, 15) is 9.59 Å². The van der Waals surface area contributed by atoms with Crippen LogP contribution >= 0.6 is 11.8 Å². The Morgan fingerprint density at radius 3 is 3.05 bits per heavy atom. The molecule has 0 saturated heterocycles. The van der Waals surface area contributed by atoms with Crippen LogP contribution in [0.4, 0.5) is 0 Å². The van der Waals surface area contributed by atoms with Crippen molar-refractivity contribution < 1.29 is 9.53 Å². The monoisotopic (exact) mass is 281 g/mol. The van der Waals surface area contributed by atoms with Gasteiger partial charge in [0.1, 0.15) is 0 Å². The number of aromatic nitrogens is 3. The first-order valence-corrected chi connectivity index (χ1v) is 7.15. The molecule has 19 heavy (non-hydrogen) atoms. The first kappa shape index (κ1) is 13.7. The maximum absolute atomic E-state index is 11.9. The van der Waals surface area contributed by atoms with Gasteiger partial charge in [0.25, 0.3) is 0 Å². The predicted octanol–water partition coefficient (Wildman–Crippen LogP) is 0.792. The number of nitrogens with zero attached hydrogens (tertiary/aromatic N) is 3. The minimum Gasteiger partial charge on any atom is -0.465 e. The lowest BCUT2D eigenvalue weighted by Crippen LogP contribution is -2.22. The summed E-state index contributed by atoms with van der Waals surface area (Å²) in [6, 6.07) is 5.40. The lowest BCUT2D eigenvalue weighted by Gasteiger charge is -2.01. The van der Waals surface area contributed by atoms with Crippen molar-refractivity contribution in [3.63, 3.8) is 0 Å². The average molecular weight is 281 g/mol. The van der Waals surface area contributed by atoms with Crippen LogP contribution in [-0.4, -0.2) is 38.3 Å². The van der Waals surface area contributed by atoms with Crippen LogP contribution in [0.3, 0.4) is 0 Å². The summed E-state index contributed by atoms with van der Waals surface area (Å²) in [5.74, 6) is 0.716. The minimum absolute atomic E-state index is 0.160. The first-order valence-electron chi connectivity index (χ1n) is 6.00. The zero-order valence-electron chi connectivity index (χ0n) is 10.6. The Morgan fingerprint density at radius 1 is 1.47 bits per heavy atom. The molecule has 0 radical (unpaired) electrons. The summed E-state index contributed by atoms with van der Waals surface area (Å²) in [4.78, 5) is 23.1. The number of thioether (sulfide) groups is 1. The molecular weight excluding hydrogens is 266 g/mol. The van der Waals surface area contributed by atoms with Gasteiger partial charge >= 0.3 is 11.7 Å². The van der Waals surface area contributed by atoms with Gasteiger partial charge in [-0.25, -0.2) is 9.48 Å². The fraction of sp³-hybridized carbons (Fsp3) is 0.417. The van der Waals surface area contributed by atoms with Crippen molar-refractivity contribution in [2.75, 3.05) is 18.1 Å². The fourth-order valence-electron chi connectivity index (χ4n) is 1.62. The molecule has 7 heteroatoms. The van der Waals surface area contributed by atoms with Gasteiger partial charge in [-0.05, 0) is 19.1 Å². The summed E-state index contributed by atoms with van der Waals surface area (Å²) < 4.78 is 7.72. The Morgan fingerprint density at radius 2 is 2.32 bits per heavy atom. The molecule has 0 aromatic carbocycles. The number of hydrogen-bond acceptors (Lipinski definition) is 5. The molecule has 0 aliphatic rings. The van der Waals surface area contributed by atoms with E-state index in [4.69, 9.17) is 4.74 Å². The van der Waals surface area contributed by atoms with Crippen molar-refractivity contribution in [3.8, 4) is 0 Å². The Balaban J connectivity index is 1.90. The third-order valence-electron chi connectivity index (χ3n) is 2.46. The number of rotatable bonds is 6. The van der Waals surface area contributed by atoms with Gasteiger partial charge in [-0.3, -0.25) is 9.20 Å². The summed E-state index contributed by atoms with van der Waals surface area (Å²) in [7, 11) is 0. The van der Waals surface area contributed by atoms with E-state index in [0.29, 0.717) is 30.3 Å². The van der Waals surface area contributed by atoms with Crippen LogP contribution in [0.15, 0.2) is 29.2 Å². The standard InChI is InChI=1S/C12H15N3O3S/c1-2-18-11(16)9-19-8-7-15-12(17)14-6-4-3-5-10(14)13-15/h3-6H,2,7-9H2,1H3. The third kappa shape index (κ3) is 3.37. The number of fused-ring (bicyclic) bond motifs is 1. The zero-order valence-corrected chi connectivity index (χ0v) is 11.4. The molecule has 0 aliphatic heterocycles. The highest BCUT2D eigenvalue weighted by atomic mass is 32.2. The van der Waals surface area contributed by atoms with Crippen LogP contribution in [-0.2, 0) is 16.1 Å². The van der Waals surface area contributed by atoms with Crippen LogP contribution in [0, 0.1) is 0 Å². The van der Waals surface area contributed by atoms with Crippen LogP contribution in [0.2, 0.25) is 0 Å². The number of carbonyl (C=O) groups is 1. The number of carbonyl (C=O) groups excluding carboxylic acids is 1. The Hall–Kier alpha value is -1.76. The van der Waals surface area contributed by atoms with E-state index < -0.39 is 0 Å². The summed E-state index contributed by atoms with van der Waals surface area (Å²) in [5.41, 5.74) is 0.468. The lowest BCUT2D eigenvalue weighted by molar-refractivity contribution is -0.139. The van der Waals surface area contributed by atoms with Crippen LogP contribution in [0.1, 0.15) is 6.92 Å². The van der Waals surface area contributed by atoms with Gasteiger partial charge in [-0.1, -0.05) is 6.07 Å². The van der Waals surface area contributed by atoms with Gasteiger partial charge in [0.15, 0.2) is 5.65 Å². The molecule has 0 N–H and O–H groups in total. The van der Waals surface area contributed by atoms with E-state index in [0.717, 1.165) is 0 Å². The number of esters is 1. The molecule has 2 aromatic rings. The normalized spacial score (nSPS) is 10.8. The van der Waals surface area contributed by atoms with Crippen LogP contribution in [0.5, 0.6) is 0 Å². The SMILES string of the molecule is CCOC(=O)CSCCn1nc2ccccn2c1=O. The van der Waals surface area contributed by atoms with Crippen LogP contribution in [0.25, 0.3) is 5.65 Å². The topological polar surface area (TPSA) is 65.6 Å². The van der Waals surface area contributed by atoms with Crippen molar-refractivity contribution in [2.45, 2.75) is 13.5 Å². The third-order valence-corrected chi connectivity index (χ3v) is 3.37. The molecular formula is C12H15N3O3S. The van der Waals surface area contributed by atoms with Gasteiger partial charge in [-0.2, -0.15) is 0 Å². The Labute approximate surface area is 114 Å². The van der Waals surface area contributed by atoms with Crippen molar-refractivity contribution in [2.24, 2.45) is 0 Å². The Bertz CT molecular complexity index is 620. The maximum Gasteiger partial charge on any atom is 0.350 e. The molecule has 0 fully saturated rings.